The third-order valence-electron chi connectivity index (χ3n) is 5.28. The van der Waals surface area contributed by atoms with E-state index in [-0.39, 0.29) is 42.6 Å². The van der Waals surface area contributed by atoms with E-state index in [0.29, 0.717) is 24.2 Å². The second-order valence-electron chi connectivity index (χ2n) is 7.03. The summed E-state index contributed by atoms with van der Waals surface area (Å²) in [6.07, 6.45) is 3.65. The van der Waals surface area contributed by atoms with Crippen LogP contribution in [0.4, 0.5) is 10.1 Å². The lowest BCUT2D eigenvalue weighted by Crippen LogP contribution is -2.40. The quantitative estimate of drug-likeness (QED) is 0.888. The van der Waals surface area contributed by atoms with Crippen molar-refractivity contribution >= 4 is 17.5 Å². The van der Waals surface area contributed by atoms with E-state index in [1.807, 2.05) is 4.90 Å². The van der Waals surface area contributed by atoms with E-state index in [0.717, 1.165) is 25.8 Å². The van der Waals surface area contributed by atoms with Gasteiger partial charge in [0.15, 0.2) is 0 Å². The highest BCUT2D eigenvalue weighted by atomic mass is 19.1. The number of hydrogen-bond donors (Lipinski definition) is 1. The van der Waals surface area contributed by atoms with Gasteiger partial charge in [-0.05, 0) is 56.4 Å². The molecular weight excluding hydrogens is 323 g/mol. The molecule has 1 aromatic rings. The van der Waals surface area contributed by atoms with Gasteiger partial charge in [-0.15, -0.1) is 0 Å². The molecule has 0 aliphatic carbocycles. The van der Waals surface area contributed by atoms with Crippen LogP contribution in [0.3, 0.4) is 0 Å². The van der Waals surface area contributed by atoms with Crippen LogP contribution in [0.1, 0.15) is 37.7 Å². The summed E-state index contributed by atoms with van der Waals surface area (Å²) in [5.41, 5.74) is 1.14. The Balaban J connectivity index is 1.69. The van der Waals surface area contributed by atoms with Crippen LogP contribution in [0.25, 0.3) is 0 Å². The summed E-state index contributed by atoms with van der Waals surface area (Å²) in [6, 6.07) is 4.78. The Morgan fingerprint density at radius 1 is 1.40 bits per heavy atom. The molecule has 0 aromatic heterocycles. The van der Waals surface area contributed by atoms with Gasteiger partial charge in [-0.25, -0.2) is 4.39 Å². The van der Waals surface area contributed by atoms with E-state index >= 15 is 0 Å². The minimum atomic E-state index is -0.340. The molecule has 2 amide bonds. The Morgan fingerprint density at radius 2 is 2.20 bits per heavy atom. The molecule has 2 aliphatic rings. The Hall–Kier alpha value is -1.95. The van der Waals surface area contributed by atoms with Crippen molar-refractivity contribution in [2.75, 3.05) is 24.6 Å². The zero-order valence-electron chi connectivity index (χ0n) is 14.6. The molecule has 0 radical (unpaired) electrons. The molecule has 2 fully saturated rings. The molecule has 2 unspecified atom stereocenters. The van der Waals surface area contributed by atoms with Gasteiger partial charge in [-0.1, -0.05) is 0 Å². The molecule has 2 aliphatic heterocycles. The van der Waals surface area contributed by atoms with E-state index in [4.69, 9.17) is 5.11 Å². The summed E-state index contributed by atoms with van der Waals surface area (Å²) in [5, 5.41) is 9.02. The molecule has 2 saturated heterocycles. The molecule has 0 bridgehead atoms. The molecule has 2 heterocycles. The monoisotopic (exact) mass is 348 g/mol. The average molecular weight is 348 g/mol. The van der Waals surface area contributed by atoms with Gasteiger partial charge in [0.25, 0.3) is 0 Å². The fourth-order valence-electron chi connectivity index (χ4n) is 3.91. The van der Waals surface area contributed by atoms with Crippen molar-refractivity contribution < 1.29 is 19.1 Å². The zero-order valence-corrected chi connectivity index (χ0v) is 14.6. The number of aliphatic hydroxyl groups excluding tert-OH is 1. The Labute approximate surface area is 147 Å². The third kappa shape index (κ3) is 3.68. The highest BCUT2D eigenvalue weighted by molar-refractivity contribution is 6.00. The van der Waals surface area contributed by atoms with Gasteiger partial charge >= 0.3 is 0 Å². The molecule has 25 heavy (non-hydrogen) atoms. The van der Waals surface area contributed by atoms with Crippen LogP contribution in [0.5, 0.6) is 0 Å². The normalized spacial score (nSPS) is 23.6. The van der Waals surface area contributed by atoms with E-state index in [9.17, 15) is 14.0 Å². The van der Waals surface area contributed by atoms with Crippen LogP contribution in [0.2, 0.25) is 0 Å². The molecule has 3 rings (SSSR count). The van der Waals surface area contributed by atoms with Crippen molar-refractivity contribution in [1.29, 1.82) is 0 Å². The lowest BCUT2D eigenvalue weighted by molar-refractivity contribution is -0.136. The van der Waals surface area contributed by atoms with E-state index < -0.39 is 0 Å². The van der Waals surface area contributed by atoms with Crippen LogP contribution in [0.15, 0.2) is 18.2 Å². The number of halogens is 1. The smallest absolute Gasteiger partial charge is 0.228 e. The predicted molar refractivity (Wildman–Crippen MR) is 92.7 cm³/mol. The lowest BCUT2D eigenvalue weighted by atomic mass is 10.0. The van der Waals surface area contributed by atoms with Crippen molar-refractivity contribution in [3.05, 3.63) is 29.6 Å². The predicted octanol–water partition coefficient (Wildman–Crippen LogP) is 2.25. The summed E-state index contributed by atoms with van der Waals surface area (Å²) in [4.78, 5) is 28.8. The van der Waals surface area contributed by atoms with Crippen LogP contribution in [0, 0.1) is 18.7 Å². The topological polar surface area (TPSA) is 60.9 Å². The number of benzene rings is 1. The molecule has 0 spiro atoms. The van der Waals surface area contributed by atoms with Gasteiger partial charge in [0, 0.05) is 37.8 Å². The highest BCUT2D eigenvalue weighted by Crippen LogP contribution is 2.30. The highest BCUT2D eigenvalue weighted by Gasteiger charge is 2.40. The summed E-state index contributed by atoms with van der Waals surface area (Å²) in [7, 11) is 0. The number of nitrogens with zero attached hydrogens (tertiary/aromatic N) is 2. The van der Waals surface area contributed by atoms with Crippen molar-refractivity contribution in [3.63, 3.8) is 0 Å². The zero-order chi connectivity index (χ0) is 18.0. The van der Waals surface area contributed by atoms with Crippen molar-refractivity contribution in [2.24, 2.45) is 5.92 Å². The van der Waals surface area contributed by atoms with Gasteiger partial charge in [0.2, 0.25) is 11.8 Å². The van der Waals surface area contributed by atoms with Crippen molar-refractivity contribution in [1.82, 2.24) is 4.90 Å². The number of carbonyl (C=O) groups is 2. The number of hydrogen-bond acceptors (Lipinski definition) is 3. The number of rotatable bonds is 5. The molecule has 1 aromatic carbocycles. The van der Waals surface area contributed by atoms with Crippen LogP contribution in [-0.4, -0.2) is 47.6 Å². The second kappa shape index (κ2) is 7.52. The number of aryl methyl sites for hydroxylation is 1. The van der Waals surface area contributed by atoms with Gasteiger partial charge in [-0.3, -0.25) is 9.59 Å². The molecular formula is C19H25FN2O3. The van der Waals surface area contributed by atoms with Crippen molar-refractivity contribution in [3.8, 4) is 0 Å². The second-order valence-corrected chi connectivity index (χ2v) is 7.03. The number of carbonyl (C=O) groups excluding carboxylic acids is 2. The first-order valence-corrected chi connectivity index (χ1v) is 8.99. The summed E-state index contributed by atoms with van der Waals surface area (Å²) < 4.78 is 13.5. The molecule has 136 valence electrons. The molecule has 2 atom stereocenters. The Kier molecular flexibility index (Phi) is 5.37. The van der Waals surface area contributed by atoms with Crippen LogP contribution < -0.4 is 4.90 Å². The standard InChI is InChI=1S/C19H25FN2O3/c1-13-10-16(6-7-17(13)20)22-12-14(11-18(22)24)19(25)21-8-2-4-15(21)5-3-9-23/h6-7,10,14-15,23H,2-5,8-9,11-12H2,1H3. The molecule has 6 heteroatoms. The molecule has 1 N–H and O–H groups in total. The van der Waals surface area contributed by atoms with E-state index in [1.54, 1.807) is 24.0 Å². The number of anilines is 1. The number of aliphatic hydroxyl groups is 1. The van der Waals surface area contributed by atoms with Gasteiger partial charge in [0.1, 0.15) is 5.82 Å². The minimum Gasteiger partial charge on any atom is -0.396 e. The maximum absolute atomic E-state index is 13.5. The summed E-state index contributed by atoms with van der Waals surface area (Å²) in [6.45, 7) is 2.89. The first kappa shape index (κ1) is 17.9. The van der Waals surface area contributed by atoms with Crippen LogP contribution in [-0.2, 0) is 9.59 Å². The number of amides is 2. The minimum absolute atomic E-state index is 0.0372. The average Bonchev–Trinajstić information content (AvgIpc) is 3.21. The maximum atomic E-state index is 13.5. The number of likely N-dealkylation sites (tertiary alicyclic amines) is 1. The first-order chi connectivity index (χ1) is 12.0. The van der Waals surface area contributed by atoms with Crippen LogP contribution >= 0.6 is 0 Å². The summed E-state index contributed by atoms with van der Waals surface area (Å²) >= 11 is 0. The van der Waals surface area contributed by atoms with E-state index in [1.165, 1.54) is 6.07 Å². The largest absolute Gasteiger partial charge is 0.396 e. The van der Waals surface area contributed by atoms with Gasteiger partial charge in [0.05, 0.1) is 5.92 Å². The Morgan fingerprint density at radius 3 is 2.92 bits per heavy atom. The molecule has 0 saturated carbocycles. The lowest BCUT2D eigenvalue weighted by Gasteiger charge is -2.27. The summed E-state index contributed by atoms with van der Waals surface area (Å²) in [5.74, 6) is -0.690. The fourth-order valence-corrected chi connectivity index (χ4v) is 3.91. The fraction of sp³-hybridized carbons (Fsp3) is 0.579. The van der Waals surface area contributed by atoms with Crippen molar-refractivity contribution in [2.45, 2.75) is 45.1 Å². The first-order valence-electron chi connectivity index (χ1n) is 8.99. The van der Waals surface area contributed by atoms with Gasteiger partial charge in [-0.2, -0.15) is 0 Å². The molecule has 5 nitrogen and oxygen atoms in total. The third-order valence-corrected chi connectivity index (χ3v) is 5.28. The Bertz CT molecular complexity index is 664. The van der Waals surface area contributed by atoms with E-state index in [2.05, 4.69) is 0 Å². The SMILES string of the molecule is Cc1cc(N2CC(C(=O)N3CCCC3CCCO)CC2=O)ccc1F. The maximum Gasteiger partial charge on any atom is 0.228 e. The van der Waals surface area contributed by atoms with Gasteiger partial charge < -0.3 is 14.9 Å².